The van der Waals surface area contributed by atoms with E-state index in [1.807, 2.05) is 24.3 Å². The molecule has 28 heavy (non-hydrogen) atoms. The molecule has 0 bridgehead atoms. The van der Waals surface area contributed by atoms with E-state index in [0.29, 0.717) is 35.5 Å². The topological polar surface area (TPSA) is 133 Å². The van der Waals surface area contributed by atoms with E-state index in [1.165, 1.54) is 0 Å². The van der Waals surface area contributed by atoms with E-state index in [9.17, 15) is 10.1 Å². The minimum Gasteiger partial charge on any atom is -0.378 e. The van der Waals surface area contributed by atoms with Gasteiger partial charge in [0.25, 0.3) is 0 Å². The van der Waals surface area contributed by atoms with Crippen LogP contribution < -0.4 is 16.8 Å². The zero-order chi connectivity index (χ0) is 20.1. The average molecular weight is 405 g/mol. The highest BCUT2D eigenvalue weighted by Gasteiger charge is 2.27. The minimum atomic E-state index is -0.491. The molecule has 0 aliphatic heterocycles. The third kappa shape index (κ3) is 5.30. The molecule has 150 valence electrons. The number of nitrogen functional groups attached to an aromatic ring is 1. The quantitative estimate of drug-likeness (QED) is 0.476. The number of hydrogen-bond acceptors (Lipinski definition) is 7. The Morgan fingerprint density at radius 3 is 2.68 bits per heavy atom. The molecule has 0 spiro atoms. The van der Waals surface area contributed by atoms with Crippen LogP contribution in [-0.4, -0.2) is 27.5 Å². The van der Waals surface area contributed by atoms with E-state index in [2.05, 4.69) is 15.3 Å². The lowest BCUT2D eigenvalue weighted by molar-refractivity contribution is -0.385. The average Bonchev–Trinajstić information content (AvgIpc) is 2.63. The predicted octanol–water partition coefficient (Wildman–Crippen LogP) is 3.34. The van der Waals surface area contributed by atoms with Crippen LogP contribution in [0.1, 0.15) is 36.9 Å². The second-order valence-corrected chi connectivity index (χ2v) is 7.71. The maximum absolute atomic E-state index is 11.5. The minimum absolute atomic E-state index is 0.104. The van der Waals surface area contributed by atoms with Gasteiger partial charge in [-0.1, -0.05) is 23.7 Å². The van der Waals surface area contributed by atoms with E-state index in [1.54, 1.807) is 0 Å². The molecular formula is C19H25ClN6O2. The lowest BCUT2D eigenvalue weighted by atomic mass is 9.83. The fraction of sp³-hybridized carbons (Fsp3) is 0.474. The first-order valence-corrected chi connectivity index (χ1v) is 9.85. The Balaban J connectivity index is 1.71. The lowest BCUT2D eigenvalue weighted by Gasteiger charge is -2.25. The van der Waals surface area contributed by atoms with Crippen molar-refractivity contribution in [3.05, 3.63) is 50.7 Å². The van der Waals surface area contributed by atoms with Gasteiger partial charge in [0.2, 0.25) is 11.8 Å². The standard InChI is InChI=1S/C19H25ClN6O2/c20-14-3-1-2-12(10-14)8-9-23-19-24-16(17(26(27)28)18(22)25-19)11-13-4-6-15(21)7-5-13/h1-3,10,13,15H,4-9,11,21H2,(H3,22,23,24,25)/t13-,15-. The third-order valence-corrected chi connectivity index (χ3v) is 5.36. The number of hydrogen-bond donors (Lipinski definition) is 3. The number of nitrogens with two attached hydrogens (primary N) is 2. The van der Waals surface area contributed by atoms with Crippen molar-refractivity contribution < 1.29 is 4.92 Å². The Hall–Kier alpha value is -2.45. The molecule has 1 aromatic heterocycles. The molecule has 1 aliphatic carbocycles. The fourth-order valence-electron chi connectivity index (χ4n) is 3.62. The molecule has 1 saturated carbocycles. The molecule has 0 saturated heterocycles. The molecule has 1 aromatic carbocycles. The smallest absolute Gasteiger partial charge is 0.332 e. The van der Waals surface area contributed by atoms with Gasteiger partial charge in [-0.25, -0.2) is 4.98 Å². The van der Waals surface area contributed by atoms with Gasteiger partial charge in [0, 0.05) is 17.6 Å². The van der Waals surface area contributed by atoms with Gasteiger partial charge in [-0.2, -0.15) is 4.98 Å². The summed E-state index contributed by atoms with van der Waals surface area (Å²) < 4.78 is 0. The highest BCUT2D eigenvalue weighted by molar-refractivity contribution is 6.30. The summed E-state index contributed by atoms with van der Waals surface area (Å²) in [4.78, 5) is 19.5. The summed E-state index contributed by atoms with van der Waals surface area (Å²) in [5.74, 6) is 0.535. The highest BCUT2D eigenvalue weighted by Crippen LogP contribution is 2.31. The van der Waals surface area contributed by atoms with E-state index in [0.717, 1.165) is 37.7 Å². The second-order valence-electron chi connectivity index (χ2n) is 7.28. The molecule has 1 heterocycles. The molecule has 2 aromatic rings. The second kappa shape index (κ2) is 9.16. The van der Waals surface area contributed by atoms with Crippen molar-refractivity contribution in [1.82, 2.24) is 9.97 Å². The van der Waals surface area contributed by atoms with Gasteiger partial charge in [-0.3, -0.25) is 10.1 Å². The SMILES string of the molecule is Nc1nc(NCCc2cccc(Cl)c2)nc(C[C@H]2CC[C@H](N)CC2)c1[N+](=O)[O-]. The number of anilines is 2. The first-order valence-electron chi connectivity index (χ1n) is 9.47. The summed E-state index contributed by atoms with van der Waals surface area (Å²) in [6.07, 6.45) is 4.99. The summed E-state index contributed by atoms with van der Waals surface area (Å²) in [6, 6.07) is 7.83. The molecule has 3 rings (SSSR count). The fourth-order valence-corrected chi connectivity index (χ4v) is 3.83. The Bertz CT molecular complexity index is 839. The molecule has 1 aliphatic rings. The van der Waals surface area contributed by atoms with Crippen molar-refractivity contribution in [3.63, 3.8) is 0 Å². The predicted molar refractivity (Wildman–Crippen MR) is 110 cm³/mol. The first kappa shape index (κ1) is 20.3. The van der Waals surface area contributed by atoms with Crippen LogP contribution in [-0.2, 0) is 12.8 Å². The van der Waals surface area contributed by atoms with Crippen LogP contribution in [0, 0.1) is 16.0 Å². The normalized spacial score (nSPS) is 19.4. The van der Waals surface area contributed by atoms with E-state index in [4.69, 9.17) is 23.1 Å². The first-order chi connectivity index (χ1) is 13.4. The van der Waals surface area contributed by atoms with Gasteiger partial charge in [0.05, 0.1) is 4.92 Å². The summed E-state index contributed by atoms with van der Waals surface area (Å²) in [5, 5.41) is 15.3. The summed E-state index contributed by atoms with van der Waals surface area (Å²) >= 11 is 6.00. The van der Waals surface area contributed by atoms with Crippen LogP contribution in [0.4, 0.5) is 17.5 Å². The van der Waals surface area contributed by atoms with Crippen molar-refractivity contribution in [1.29, 1.82) is 0 Å². The third-order valence-electron chi connectivity index (χ3n) is 5.13. The summed E-state index contributed by atoms with van der Waals surface area (Å²) in [7, 11) is 0. The molecule has 0 radical (unpaired) electrons. The number of benzene rings is 1. The van der Waals surface area contributed by atoms with Crippen molar-refractivity contribution in [2.24, 2.45) is 11.7 Å². The zero-order valence-corrected chi connectivity index (χ0v) is 16.4. The lowest BCUT2D eigenvalue weighted by Crippen LogP contribution is -2.27. The van der Waals surface area contributed by atoms with Crippen LogP contribution in [0.2, 0.25) is 5.02 Å². The molecule has 1 fully saturated rings. The number of rotatable bonds is 7. The molecule has 0 amide bonds. The van der Waals surface area contributed by atoms with Crippen molar-refractivity contribution in [3.8, 4) is 0 Å². The molecule has 0 unspecified atom stereocenters. The van der Waals surface area contributed by atoms with Crippen LogP contribution in [0.25, 0.3) is 0 Å². The van der Waals surface area contributed by atoms with Crippen molar-refractivity contribution in [2.75, 3.05) is 17.6 Å². The number of nitro groups is 1. The Kier molecular flexibility index (Phi) is 6.64. The molecule has 8 nitrogen and oxygen atoms in total. The number of nitrogens with zero attached hydrogens (tertiary/aromatic N) is 3. The largest absolute Gasteiger partial charge is 0.378 e. The van der Waals surface area contributed by atoms with Crippen molar-refractivity contribution in [2.45, 2.75) is 44.6 Å². The summed E-state index contributed by atoms with van der Waals surface area (Å²) in [6.45, 7) is 0.565. The number of aromatic nitrogens is 2. The van der Waals surface area contributed by atoms with Crippen LogP contribution in [0.3, 0.4) is 0 Å². The van der Waals surface area contributed by atoms with E-state index >= 15 is 0 Å². The number of halogens is 1. The molecule has 5 N–H and O–H groups in total. The maximum Gasteiger partial charge on any atom is 0.332 e. The van der Waals surface area contributed by atoms with Crippen LogP contribution >= 0.6 is 11.6 Å². The summed E-state index contributed by atoms with van der Waals surface area (Å²) in [5.41, 5.74) is 13.1. The van der Waals surface area contributed by atoms with Crippen molar-refractivity contribution >= 4 is 29.1 Å². The van der Waals surface area contributed by atoms with Gasteiger partial charge < -0.3 is 16.8 Å². The Labute approximate surface area is 168 Å². The molecule has 9 heteroatoms. The van der Waals surface area contributed by atoms with Crippen LogP contribution in [0.15, 0.2) is 24.3 Å². The Morgan fingerprint density at radius 1 is 1.25 bits per heavy atom. The van der Waals surface area contributed by atoms with E-state index < -0.39 is 4.92 Å². The monoisotopic (exact) mass is 404 g/mol. The maximum atomic E-state index is 11.5. The van der Waals surface area contributed by atoms with Crippen LogP contribution in [0.5, 0.6) is 0 Å². The van der Waals surface area contributed by atoms with E-state index in [-0.39, 0.29) is 17.5 Å². The highest BCUT2D eigenvalue weighted by atomic mass is 35.5. The van der Waals surface area contributed by atoms with Gasteiger partial charge in [0.15, 0.2) is 0 Å². The van der Waals surface area contributed by atoms with Gasteiger partial charge in [0.1, 0.15) is 5.69 Å². The number of nitrogens with one attached hydrogen (secondary N) is 1. The molecular weight excluding hydrogens is 380 g/mol. The molecule has 0 atom stereocenters. The zero-order valence-electron chi connectivity index (χ0n) is 15.6. The van der Waals surface area contributed by atoms with Gasteiger partial charge in [-0.05, 0) is 62.1 Å². The van der Waals surface area contributed by atoms with Gasteiger partial charge in [-0.15, -0.1) is 0 Å². The Morgan fingerprint density at radius 2 is 2.00 bits per heavy atom. The van der Waals surface area contributed by atoms with Gasteiger partial charge >= 0.3 is 5.69 Å².